The molecule has 2 heterocycles. The number of nitrogens with zero attached hydrogens (tertiary/aromatic N) is 4. The average Bonchev–Trinajstić information content (AvgIpc) is 3.25. The van der Waals surface area contributed by atoms with E-state index < -0.39 is 10.8 Å². The smallest absolute Gasteiger partial charge is 0.293 e. The quantitative estimate of drug-likeness (QED) is 0.451. The monoisotopic (exact) mass is 465 g/mol. The van der Waals surface area contributed by atoms with E-state index in [1.54, 1.807) is 40.5 Å². The van der Waals surface area contributed by atoms with Crippen molar-refractivity contribution < 1.29 is 14.5 Å². The van der Waals surface area contributed by atoms with Gasteiger partial charge in [0.15, 0.2) is 0 Å². The maximum absolute atomic E-state index is 12.8. The molecule has 1 aliphatic rings. The number of thiazole rings is 1. The van der Waals surface area contributed by atoms with Gasteiger partial charge in [-0.15, -0.1) is 11.3 Å². The van der Waals surface area contributed by atoms with Gasteiger partial charge < -0.3 is 15.1 Å². The van der Waals surface area contributed by atoms with Crippen LogP contribution in [-0.2, 0) is 4.79 Å². The molecule has 2 aromatic carbocycles. The molecule has 0 atom stereocenters. The number of anilines is 2. The molecule has 0 radical (unpaired) electrons. The lowest BCUT2D eigenvalue weighted by Crippen LogP contribution is -2.48. The predicted molar refractivity (Wildman–Crippen MR) is 128 cm³/mol. The molecule has 0 bridgehead atoms. The summed E-state index contributed by atoms with van der Waals surface area (Å²) in [7, 11) is 0. The molecule has 9 nitrogen and oxygen atoms in total. The molecule has 3 aromatic rings. The Morgan fingerprint density at radius 1 is 1.09 bits per heavy atom. The molecule has 1 saturated heterocycles. The van der Waals surface area contributed by atoms with Crippen molar-refractivity contribution in [3.05, 3.63) is 68.5 Å². The number of carbonyl (C=O) groups is 2. The van der Waals surface area contributed by atoms with E-state index in [-0.39, 0.29) is 17.2 Å². The number of carbonyl (C=O) groups excluding carboxylic acids is 2. The number of amides is 2. The van der Waals surface area contributed by atoms with Crippen molar-refractivity contribution in [1.82, 2.24) is 9.88 Å². The number of hydrogen-bond acceptors (Lipinski definition) is 7. The van der Waals surface area contributed by atoms with Crippen LogP contribution in [0.3, 0.4) is 0 Å². The molecule has 1 aliphatic heterocycles. The zero-order valence-corrected chi connectivity index (χ0v) is 19.1. The van der Waals surface area contributed by atoms with E-state index in [2.05, 4.69) is 10.3 Å². The minimum atomic E-state index is -0.478. The Morgan fingerprint density at radius 3 is 2.36 bits per heavy atom. The van der Waals surface area contributed by atoms with Crippen molar-refractivity contribution in [2.75, 3.05) is 36.4 Å². The normalized spacial score (nSPS) is 13.6. The zero-order valence-electron chi connectivity index (χ0n) is 18.3. The summed E-state index contributed by atoms with van der Waals surface area (Å²) in [5.41, 5.74) is 2.93. The van der Waals surface area contributed by atoms with Crippen molar-refractivity contribution >= 4 is 40.2 Å². The first-order valence-corrected chi connectivity index (χ1v) is 11.3. The highest BCUT2D eigenvalue weighted by Gasteiger charge is 2.26. The van der Waals surface area contributed by atoms with Crippen LogP contribution < -0.4 is 10.2 Å². The highest BCUT2D eigenvalue weighted by molar-refractivity contribution is 7.09. The maximum atomic E-state index is 12.8. The Bertz CT molecular complexity index is 1200. The second-order valence-corrected chi connectivity index (χ2v) is 8.80. The molecule has 1 aromatic heterocycles. The fourth-order valence-electron chi connectivity index (χ4n) is 3.76. The van der Waals surface area contributed by atoms with Gasteiger partial charge in [0, 0.05) is 61.4 Å². The summed E-state index contributed by atoms with van der Waals surface area (Å²) < 4.78 is 0. The number of benzene rings is 2. The van der Waals surface area contributed by atoms with Crippen molar-refractivity contribution in [1.29, 1.82) is 0 Å². The molecule has 0 saturated carbocycles. The molecule has 0 aliphatic carbocycles. The van der Waals surface area contributed by atoms with Gasteiger partial charge in [-0.2, -0.15) is 0 Å². The molecule has 170 valence electrons. The Labute approximate surface area is 194 Å². The lowest BCUT2D eigenvalue weighted by molar-refractivity contribution is -0.384. The molecular formula is C23H23N5O4S. The molecule has 10 heteroatoms. The number of nitro groups is 1. The van der Waals surface area contributed by atoms with Crippen LogP contribution in [0.5, 0.6) is 0 Å². The van der Waals surface area contributed by atoms with Crippen LogP contribution in [0.1, 0.15) is 22.3 Å². The van der Waals surface area contributed by atoms with E-state index in [0.29, 0.717) is 37.6 Å². The Kier molecular flexibility index (Phi) is 6.36. The Morgan fingerprint density at radius 2 is 1.79 bits per heavy atom. The minimum absolute atomic E-state index is 0.00843. The average molecular weight is 466 g/mol. The first-order chi connectivity index (χ1) is 15.8. The fraction of sp³-hybridized carbons (Fsp3) is 0.261. The fourth-order valence-corrected chi connectivity index (χ4v) is 4.39. The third-order valence-corrected chi connectivity index (χ3v) is 6.33. The van der Waals surface area contributed by atoms with Crippen molar-refractivity contribution in [3.8, 4) is 11.3 Å². The second kappa shape index (κ2) is 9.37. The zero-order chi connectivity index (χ0) is 23.5. The summed E-state index contributed by atoms with van der Waals surface area (Å²) in [6.07, 6.45) is 0. The SMILES string of the molecule is CC(=O)N1CCN(c2ccc(C(=O)Nc3ccc(-c4csc(C)n4)cc3)cc2[N+](=O)[O-])CC1. The van der Waals surface area contributed by atoms with Crippen LogP contribution in [0, 0.1) is 17.0 Å². The summed E-state index contributed by atoms with van der Waals surface area (Å²) in [6.45, 7) is 5.46. The van der Waals surface area contributed by atoms with Crippen LogP contribution in [0.4, 0.5) is 17.1 Å². The standard InChI is InChI=1S/C23H23N5O4S/c1-15-24-20(14-33-15)17-3-6-19(7-4-17)25-23(30)18-5-8-21(22(13-18)28(31)32)27-11-9-26(10-12-27)16(2)29/h3-8,13-14H,9-12H2,1-2H3,(H,25,30). The van der Waals surface area contributed by atoms with E-state index in [0.717, 1.165) is 16.3 Å². The minimum Gasteiger partial charge on any atom is -0.362 e. The van der Waals surface area contributed by atoms with Gasteiger partial charge >= 0.3 is 0 Å². The van der Waals surface area contributed by atoms with Gasteiger partial charge in [-0.05, 0) is 31.2 Å². The number of nitrogens with one attached hydrogen (secondary N) is 1. The van der Waals surface area contributed by atoms with Gasteiger partial charge in [0.25, 0.3) is 11.6 Å². The molecule has 1 fully saturated rings. The molecule has 4 rings (SSSR count). The molecule has 0 spiro atoms. The molecule has 0 unspecified atom stereocenters. The highest BCUT2D eigenvalue weighted by atomic mass is 32.1. The van der Waals surface area contributed by atoms with Gasteiger partial charge in [-0.25, -0.2) is 4.98 Å². The summed E-state index contributed by atoms with van der Waals surface area (Å²) >= 11 is 1.57. The third-order valence-electron chi connectivity index (χ3n) is 5.56. The third kappa shape index (κ3) is 5.01. The molecular weight excluding hydrogens is 442 g/mol. The molecule has 1 N–H and O–H groups in total. The maximum Gasteiger partial charge on any atom is 0.293 e. The van der Waals surface area contributed by atoms with Crippen molar-refractivity contribution in [2.45, 2.75) is 13.8 Å². The van der Waals surface area contributed by atoms with Crippen molar-refractivity contribution in [2.24, 2.45) is 0 Å². The van der Waals surface area contributed by atoms with Crippen LogP contribution in [-0.4, -0.2) is 52.8 Å². The van der Waals surface area contributed by atoms with Gasteiger partial charge in [0.1, 0.15) is 5.69 Å². The first kappa shape index (κ1) is 22.4. The van der Waals surface area contributed by atoms with E-state index in [1.165, 1.54) is 13.0 Å². The van der Waals surface area contributed by atoms with Gasteiger partial charge in [-0.3, -0.25) is 19.7 Å². The van der Waals surface area contributed by atoms with Crippen LogP contribution in [0.2, 0.25) is 0 Å². The summed E-state index contributed by atoms with van der Waals surface area (Å²) in [6, 6.07) is 11.8. The highest BCUT2D eigenvalue weighted by Crippen LogP contribution is 2.31. The van der Waals surface area contributed by atoms with Crippen LogP contribution in [0.25, 0.3) is 11.3 Å². The number of nitro benzene ring substituents is 1. The van der Waals surface area contributed by atoms with Gasteiger partial charge in [-0.1, -0.05) is 12.1 Å². The number of aromatic nitrogens is 1. The summed E-state index contributed by atoms with van der Waals surface area (Å²) in [4.78, 5) is 43.6. The van der Waals surface area contributed by atoms with Gasteiger partial charge in [0.2, 0.25) is 5.91 Å². The molecule has 33 heavy (non-hydrogen) atoms. The lowest BCUT2D eigenvalue weighted by Gasteiger charge is -2.35. The van der Waals surface area contributed by atoms with E-state index >= 15 is 0 Å². The van der Waals surface area contributed by atoms with E-state index in [1.807, 2.05) is 29.3 Å². The van der Waals surface area contributed by atoms with Gasteiger partial charge in [0.05, 0.1) is 15.6 Å². The van der Waals surface area contributed by atoms with E-state index in [4.69, 9.17) is 0 Å². The van der Waals surface area contributed by atoms with E-state index in [9.17, 15) is 19.7 Å². The topological polar surface area (TPSA) is 109 Å². The van der Waals surface area contributed by atoms with Crippen LogP contribution in [0.15, 0.2) is 47.8 Å². The number of aryl methyl sites for hydroxylation is 1. The Balaban J connectivity index is 1.48. The number of rotatable bonds is 5. The predicted octanol–water partition coefficient (Wildman–Crippen LogP) is 3.95. The van der Waals surface area contributed by atoms with Crippen molar-refractivity contribution in [3.63, 3.8) is 0 Å². The van der Waals surface area contributed by atoms with Crippen LogP contribution >= 0.6 is 11.3 Å². The summed E-state index contributed by atoms with van der Waals surface area (Å²) in [5, 5.41) is 17.5. The lowest BCUT2D eigenvalue weighted by atomic mass is 10.1. The number of hydrogen-bond donors (Lipinski definition) is 1. The Hall–Kier alpha value is -3.79. The largest absolute Gasteiger partial charge is 0.362 e. The first-order valence-electron chi connectivity index (χ1n) is 10.4. The molecule has 2 amide bonds. The summed E-state index contributed by atoms with van der Waals surface area (Å²) in [5.74, 6) is -0.436. The second-order valence-electron chi connectivity index (χ2n) is 7.74. The number of piperazine rings is 1.